The second-order valence-corrected chi connectivity index (χ2v) is 2.13. The number of hydrogen-bond donors (Lipinski definition) is 2. The number of allylic oxidation sites excluding steroid dienone is 1. The van der Waals surface area contributed by atoms with Crippen molar-refractivity contribution in [3.63, 3.8) is 0 Å². The monoisotopic (exact) mass is 126 g/mol. The fraction of sp³-hybridized carbons (Fsp3) is 0.429. The van der Waals surface area contributed by atoms with Crippen molar-refractivity contribution in [3.05, 3.63) is 24.7 Å². The summed E-state index contributed by atoms with van der Waals surface area (Å²) < 4.78 is 0. The summed E-state index contributed by atoms with van der Waals surface area (Å²) in [5, 5.41) is 2.93. The molecule has 0 fully saturated rings. The zero-order valence-electron chi connectivity index (χ0n) is 6.02. The minimum Gasteiger partial charge on any atom is -0.403 e. The second kappa shape index (κ2) is 4.01. The van der Waals surface area contributed by atoms with Gasteiger partial charge in [-0.1, -0.05) is 20.4 Å². The standard InChI is InChI=1S/C7H14N2/c1-4-9-7(5-8)6(2)3/h4-6,9H,1,8H2,2-3H3/b7-5-. The summed E-state index contributed by atoms with van der Waals surface area (Å²) in [4.78, 5) is 0. The van der Waals surface area contributed by atoms with Gasteiger partial charge < -0.3 is 11.1 Å². The third-order valence-electron chi connectivity index (χ3n) is 1.07. The van der Waals surface area contributed by atoms with E-state index in [1.54, 1.807) is 12.4 Å². The minimum absolute atomic E-state index is 0.438. The van der Waals surface area contributed by atoms with Crippen LogP contribution in [0.3, 0.4) is 0 Å². The highest BCUT2D eigenvalue weighted by atomic mass is 14.9. The molecule has 52 valence electrons. The van der Waals surface area contributed by atoms with Crippen LogP contribution in [0.4, 0.5) is 0 Å². The van der Waals surface area contributed by atoms with Gasteiger partial charge in [0.1, 0.15) is 0 Å². The van der Waals surface area contributed by atoms with E-state index in [2.05, 4.69) is 25.7 Å². The van der Waals surface area contributed by atoms with Gasteiger partial charge >= 0.3 is 0 Å². The molecule has 0 amide bonds. The van der Waals surface area contributed by atoms with Crippen molar-refractivity contribution in [2.24, 2.45) is 11.7 Å². The van der Waals surface area contributed by atoms with Gasteiger partial charge in [0.15, 0.2) is 0 Å². The highest BCUT2D eigenvalue weighted by Gasteiger charge is 1.96. The summed E-state index contributed by atoms with van der Waals surface area (Å²) in [6.07, 6.45) is 3.19. The highest BCUT2D eigenvalue weighted by Crippen LogP contribution is 2.02. The first-order valence-corrected chi connectivity index (χ1v) is 3.01. The number of nitrogens with one attached hydrogen (secondary N) is 1. The Morgan fingerprint density at radius 2 is 2.22 bits per heavy atom. The number of rotatable bonds is 3. The summed E-state index contributed by atoms with van der Waals surface area (Å²) in [5.41, 5.74) is 6.29. The summed E-state index contributed by atoms with van der Waals surface area (Å²) >= 11 is 0. The molecule has 2 heteroatoms. The molecule has 0 aliphatic carbocycles. The van der Waals surface area contributed by atoms with Crippen molar-refractivity contribution in [2.75, 3.05) is 0 Å². The molecule has 0 unspecified atom stereocenters. The van der Waals surface area contributed by atoms with Crippen LogP contribution in [0.5, 0.6) is 0 Å². The Morgan fingerprint density at radius 3 is 2.33 bits per heavy atom. The van der Waals surface area contributed by atoms with Gasteiger partial charge in [-0.05, 0) is 12.1 Å². The highest BCUT2D eigenvalue weighted by molar-refractivity contribution is 5.02. The van der Waals surface area contributed by atoms with Crippen molar-refractivity contribution in [1.82, 2.24) is 5.32 Å². The SMILES string of the molecule is C=CN/C(=C\N)C(C)C. The Balaban J connectivity index is 3.84. The molecule has 0 aromatic rings. The zero-order valence-corrected chi connectivity index (χ0v) is 6.02. The first kappa shape index (κ1) is 8.08. The normalized spacial score (nSPS) is 11.7. The molecule has 0 spiro atoms. The third kappa shape index (κ3) is 2.80. The van der Waals surface area contributed by atoms with Crippen LogP contribution in [0.15, 0.2) is 24.7 Å². The van der Waals surface area contributed by atoms with E-state index in [1.165, 1.54) is 0 Å². The van der Waals surface area contributed by atoms with Crippen LogP contribution in [-0.4, -0.2) is 0 Å². The maximum Gasteiger partial charge on any atom is 0.0329 e. The molecular formula is C7H14N2. The van der Waals surface area contributed by atoms with Gasteiger partial charge in [0.05, 0.1) is 0 Å². The van der Waals surface area contributed by atoms with Gasteiger partial charge in [-0.3, -0.25) is 0 Å². The molecule has 2 nitrogen and oxygen atoms in total. The fourth-order valence-corrected chi connectivity index (χ4v) is 0.525. The molecule has 0 aromatic carbocycles. The maximum absolute atomic E-state index is 5.29. The van der Waals surface area contributed by atoms with Crippen molar-refractivity contribution in [1.29, 1.82) is 0 Å². The van der Waals surface area contributed by atoms with E-state index in [-0.39, 0.29) is 0 Å². The molecule has 0 aliphatic rings. The topological polar surface area (TPSA) is 38.0 Å². The van der Waals surface area contributed by atoms with E-state index < -0.39 is 0 Å². The van der Waals surface area contributed by atoms with Gasteiger partial charge in [-0.25, -0.2) is 0 Å². The fourth-order valence-electron chi connectivity index (χ4n) is 0.525. The Labute approximate surface area is 56.4 Å². The summed E-state index contributed by atoms with van der Waals surface area (Å²) in [7, 11) is 0. The van der Waals surface area contributed by atoms with Crippen LogP contribution in [0.2, 0.25) is 0 Å². The first-order chi connectivity index (χ1) is 4.22. The predicted octanol–water partition coefficient (Wildman–Crippen LogP) is 1.18. The Morgan fingerprint density at radius 1 is 1.67 bits per heavy atom. The molecule has 0 saturated heterocycles. The van der Waals surface area contributed by atoms with Crippen LogP contribution in [0.25, 0.3) is 0 Å². The van der Waals surface area contributed by atoms with Gasteiger partial charge in [0.2, 0.25) is 0 Å². The number of hydrogen-bond acceptors (Lipinski definition) is 2. The molecule has 0 atom stereocenters. The van der Waals surface area contributed by atoms with Crippen LogP contribution >= 0.6 is 0 Å². The molecular weight excluding hydrogens is 112 g/mol. The van der Waals surface area contributed by atoms with Crippen molar-refractivity contribution in [3.8, 4) is 0 Å². The average Bonchev–Trinajstić information content (AvgIpc) is 1.82. The maximum atomic E-state index is 5.29. The van der Waals surface area contributed by atoms with Crippen LogP contribution in [0, 0.1) is 5.92 Å². The smallest absolute Gasteiger partial charge is 0.0329 e. The number of nitrogens with two attached hydrogens (primary N) is 1. The van der Waals surface area contributed by atoms with E-state index in [0.717, 1.165) is 5.70 Å². The molecule has 0 heterocycles. The molecule has 0 bridgehead atoms. The Kier molecular flexibility index (Phi) is 3.60. The summed E-state index contributed by atoms with van der Waals surface area (Å²) in [6.45, 7) is 7.65. The predicted molar refractivity (Wildman–Crippen MR) is 40.4 cm³/mol. The molecule has 0 rings (SSSR count). The second-order valence-electron chi connectivity index (χ2n) is 2.13. The van der Waals surface area contributed by atoms with Gasteiger partial charge in [-0.15, -0.1) is 0 Å². The lowest BCUT2D eigenvalue weighted by atomic mass is 10.1. The molecule has 0 radical (unpaired) electrons. The van der Waals surface area contributed by atoms with Crippen molar-refractivity contribution < 1.29 is 0 Å². The molecule has 0 saturated carbocycles. The van der Waals surface area contributed by atoms with Gasteiger partial charge in [-0.2, -0.15) is 0 Å². The van der Waals surface area contributed by atoms with Gasteiger partial charge in [0.25, 0.3) is 0 Å². The Hall–Kier alpha value is -0.920. The van der Waals surface area contributed by atoms with Crippen molar-refractivity contribution in [2.45, 2.75) is 13.8 Å². The van der Waals surface area contributed by atoms with E-state index in [1.807, 2.05) is 0 Å². The average molecular weight is 126 g/mol. The summed E-state index contributed by atoms with van der Waals surface area (Å²) in [5.74, 6) is 0.438. The van der Waals surface area contributed by atoms with Crippen LogP contribution in [0.1, 0.15) is 13.8 Å². The van der Waals surface area contributed by atoms with E-state index in [0.29, 0.717) is 5.92 Å². The van der Waals surface area contributed by atoms with E-state index >= 15 is 0 Å². The Bertz CT molecular complexity index is 114. The molecule has 0 aliphatic heterocycles. The quantitative estimate of drug-likeness (QED) is 0.595. The van der Waals surface area contributed by atoms with E-state index in [4.69, 9.17) is 5.73 Å². The van der Waals surface area contributed by atoms with Gasteiger partial charge in [0, 0.05) is 11.9 Å². The third-order valence-corrected chi connectivity index (χ3v) is 1.07. The van der Waals surface area contributed by atoms with Crippen LogP contribution in [-0.2, 0) is 0 Å². The van der Waals surface area contributed by atoms with E-state index in [9.17, 15) is 0 Å². The first-order valence-electron chi connectivity index (χ1n) is 3.01. The zero-order chi connectivity index (χ0) is 7.28. The summed E-state index contributed by atoms with van der Waals surface area (Å²) in [6, 6.07) is 0. The lowest BCUT2D eigenvalue weighted by Gasteiger charge is -2.08. The van der Waals surface area contributed by atoms with Crippen molar-refractivity contribution >= 4 is 0 Å². The molecule has 9 heavy (non-hydrogen) atoms. The lowest BCUT2D eigenvalue weighted by molar-refractivity contribution is 0.711. The molecule has 0 aromatic heterocycles. The van der Waals surface area contributed by atoms with Crippen LogP contribution < -0.4 is 11.1 Å². The molecule has 3 N–H and O–H groups in total. The minimum atomic E-state index is 0.438. The lowest BCUT2D eigenvalue weighted by Crippen LogP contribution is -2.11. The largest absolute Gasteiger partial charge is 0.403 e.